The average molecular weight is 200 g/mol. The Kier molecular flexibility index (Phi) is 2.65. The highest BCUT2D eigenvalue weighted by molar-refractivity contribution is 5.75. The van der Waals surface area contributed by atoms with Crippen LogP contribution in [0.15, 0.2) is 0 Å². The van der Waals surface area contributed by atoms with E-state index >= 15 is 0 Å². The Labute approximate surface area is 85.5 Å². The molecule has 3 nitrogen and oxygen atoms in total. The van der Waals surface area contributed by atoms with Crippen molar-refractivity contribution in [1.29, 1.82) is 0 Å². The second-order valence-corrected chi connectivity index (χ2v) is 5.66. The summed E-state index contributed by atoms with van der Waals surface area (Å²) in [6.45, 7) is 9.36. The third-order valence-corrected chi connectivity index (χ3v) is 2.91. The van der Waals surface area contributed by atoms with Crippen LogP contribution in [0.4, 0.5) is 0 Å². The van der Waals surface area contributed by atoms with E-state index in [1.165, 1.54) is 0 Å². The lowest BCUT2D eigenvalue weighted by molar-refractivity contribution is -0.185. The highest BCUT2D eigenvalue weighted by atomic mass is 16.6. The Morgan fingerprint density at radius 3 is 2.21 bits per heavy atom. The molecule has 0 saturated heterocycles. The predicted molar refractivity (Wildman–Crippen MR) is 53.7 cm³/mol. The van der Waals surface area contributed by atoms with Crippen molar-refractivity contribution in [3.05, 3.63) is 0 Å². The van der Waals surface area contributed by atoms with Crippen LogP contribution in [0.5, 0.6) is 0 Å². The molecule has 0 heterocycles. The van der Waals surface area contributed by atoms with E-state index in [0.29, 0.717) is 6.42 Å². The van der Waals surface area contributed by atoms with Crippen molar-refractivity contribution in [2.75, 3.05) is 0 Å². The van der Waals surface area contributed by atoms with E-state index in [-0.39, 0.29) is 23.4 Å². The number of rotatable bonds is 1. The fourth-order valence-electron chi connectivity index (χ4n) is 1.68. The number of esters is 1. The summed E-state index contributed by atoms with van der Waals surface area (Å²) in [5, 5.41) is 9.49. The molecule has 0 aromatic heterocycles. The van der Waals surface area contributed by atoms with E-state index in [9.17, 15) is 9.90 Å². The fraction of sp³-hybridized carbons (Fsp3) is 0.909. The molecule has 1 fully saturated rings. The third kappa shape index (κ3) is 2.08. The molecule has 1 aliphatic carbocycles. The molecule has 14 heavy (non-hydrogen) atoms. The lowest BCUT2D eigenvalue weighted by Crippen LogP contribution is -2.53. The number of aliphatic hydroxyl groups is 1. The Balaban J connectivity index is 2.57. The first-order valence-corrected chi connectivity index (χ1v) is 5.05. The maximum Gasteiger partial charge on any atom is 0.310 e. The van der Waals surface area contributed by atoms with Crippen molar-refractivity contribution in [3.8, 4) is 0 Å². The minimum absolute atomic E-state index is 0.156. The van der Waals surface area contributed by atoms with Crippen molar-refractivity contribution < 1.29 is 14.6 Å². The number of carbonyl (C=O) groups excluding carboxylic acids is 1. The zero-order valence-corrected chi connectivity index (χ0v) is 9.63. The summed E-state index contributed by atoms with van der Waals surface area (Å²) in [5.74, 6) is -0.343. The summed E-state index contributed by atoms with van der Waals surface area (Å²) in [5.41, 5.74) is -0.768. The molecule has 0 aliphatic heterocycles. The van der Waals surface area contributed by atoms with Crippen LogP contribution in [0.25, 0.3) is 0 Å². The minimum atomic E-state index is -0.437. The molecule has 3 heteroatoms. The quantitative estimate of drug-likeness (QED) is 0.656. The number of aliphatic hydroxyl groups excluding tert-OH is 1. The van der Waals surface area contributed by atoms with Crippen LogP contribution in [-0.4, -0.2) is 22.8 Å². The summed E-state index contributed by atoms with van der Waals surface area (Å²) in [7, 11) is 0. The van der Waals surface area contributed by atoms with Gasteiger partial charge in [0, 0.05) is 5.41 Å². The third-order valence-electron chi connectivity index (χ3n) is 2.91. The zero-order chi connectivity index (χ0) is 11.1. The molecular weight excluding hydrogens is 180 g/mol. The summed E-state index contributed by atoms with van der Waals surface area (Å²) < 4.78 is 5.28. The lowest BCUT2D eigenvalue weighted by atomic mass is 9.60. The first-order chi connectivity index (χ1) is 6.14. The van der Waals surface area contributed by atoms with E-state index < -0.39 is 5.60 Å². The van der Waals surface area contributed by atoms with Crippen molar-refractivity contribution in [3.63, 3.8) is 0 Å². The van der Waals surface area contributed by atoms with Gasteiger partial charge in [-0.05, 0) is 27.2 Å². The molecule has 0 spiro atoms. The van der Waals surface area contributed by atoms with Crippen LogP contribution in [0.3, 0.4) is 0 Å². The number of ether oxygens (including phenoxy) is 1. The van der Waals surface area contributed by atoms with Gasteiger partial charge in [0.25, 0.3) is 0 Å². The van der Waals surface area contributed by atoms with E-state index in [1.54, 1.807) is 0 Å². The molecule has 2 atom stereocenters. The maximum absolute atomic E-state index is 11.7. The van der Waals surface area contributed by atoms with Gasteiger partial charge in [-0.3, -0.25) is 4.79 Å². The van der Waals surface area contributed by atoms with Gasteiger partial charge in [0.15, 0.2) is 0 Å². The number of hydrogen-bond acceptors (Lipinski definition) is 3. The molecule has 0 aromatic rings. The molecule has 0 radical (unpaired) electrons. The highest BCUT2D eigenvalue weighted by Gasteiger charge is 2.52. The van der Waals surface area contributed by atoms with Gasteiger partial charge in [-0.25, -0.2) is 0 Å². The zero-order valence-electron chi connectivity index (χ0n) is 9.63. The van der Waals surface area contributed by atoms with Crippen LogP contribution in [0, 0.1) is 11.3 Å². The summed E-state index contributed by atoms with van der Waals surface area (Å²) >= 11 is 0. The van der Waals surface area contributed by atoms with Gasteiger partial charge < -0.3 is 9.84 Å². The predicted octanol–water partition coefficient (Wildman–Crippen LogP) is 1.74. The summed E-state index contributed by atoms with van der Waals surface area (Å²) in [6.07, 6.45) is 0.155. The Morgan fingerprint density at radius 1 is 1.43 bits per heavy atom. The Morgan fingerprint density at radius 2 is 1.93 bits per heavy atom. The Hall–Kier alpha value is -0.570. The molecule has 82 valence electrons. The second-order valence-electron chi connectivity index (χ2n) is 5.66. The first kappa shape index (κ1) is 11.5. The molecule has 0 bridgehead atoms. The van der Waals surface area contributed by atoms with E-state index in [2.05, 4.69) is 0 Å². The van der Waals surface area contributed by atoms with Crippen molar-refractivity contribution >= 4 is 5.97 Å². The topological polar surface area (TPSA) is 46.5 Å². The Bertz CT molecular complexity index is 237. The van der Waals surface area contributed by atoms with Gasteiger partial charge in [0.2, 0.25) is 0 Å². The average Bonchev–Trinajstić information content (AvgIpc) is 1.96. The van der Waals surface area contributed by atoms with Crippen molar-refractivity contribution in [2.45, 2.75) is 52.7 Å². The van der Waals surface area contributed by atoms with Crippen LogP contribution < -0.4 is 0 Å². The molecule has 1 N–H and O–H groups in total. The van der Waals surface area contributed by atoms with Crippen LogP contribution in [-0.2, 0) is 9.53 Å². The van der Waals surface area contributed by atoms with Gasteiger partial charge in [-0.2, -0.15) is 0 Å². The fourth-order valence-corrected chi connectivity index (χ4v) is 1.68. The second kappa shape index (κ2) is 3.23. The van der Waals surface area contributed by atoms with Gasteiger partial charge in [0.05, 0.1) is 12.0 Å². The van der Waals surface area contributed by atoms with Crippen molar-refractivity contribution in [2.24, 2.45) is 11.3 Å². The molecule has 0 aromatic carbocycles. The van der Waals surface area contributed by atoms with Gasteiger partial charge in [0.1, 0.15) is 5.60 Å². The summed E-state index contributed by atoms with van der Waals surface area (Å²) in [6, 6.07) is 0. The molecule has 1 aliphatic rings. The van der Waals surface area contributed by atoms with Crippen LogP contribution >= 0.6 is 0 Å². The SMILES string of the molecule is CC(C)(C)OC(=O)[C@@H]1C[C@@H](O)C1(C)C. The largest absolute Gasteiger partial charge is 0.460 e. The standard InChI is InChI=1S/C11H20O3/c1-10(2,3)14-9(13)7-6-8(12)11(7,4)5/h7-8,12H,6H2,1-5H3/t7-,8+/m0/s1. The molecular formula is C11H20O3. The van der Waals surface area contributed by atoms with Gasteiger partial charge >= 0.3 is 5.97 Å². The smallest absolute Gasteiger partial charge is 0.310 e. The normalized spacial score (nSPS) is 30.7. The number of hydrogen-bond donors (Lipinski definition) is 1. The van der Waals surface area contributed by atoms with E-state index in [4.69, 9.17) is 4.74 Å². The number of carbonyl (C=O) groups is 1. The van der Waals surface area contributed by atoms with Crippen molar-refractivity contribution in [1.82, 2.24) is 0 Å². The van der Waals surface area contributed by atoms with Crippen LogP contribution in [0.1, 0.15) is 41.0 Å². The maximum atomic E-state index is 11.7. The molecule has 1 saturated carbocycles. The lowest BCUT2D eigenvalue weighted by Gasteiger charge is -2.48. The summed E-state index contributed by atoms with van der Waals surface area (Å²) in [4.78, 5) is 11.7. The molecule has 1 rings (SSSR count). The van der Waals surface area contributed by atoms with Crippen LogP contribution in [0.2, 0.25) is 0 Å². The van der Waals surface area contributed by atoms with E-state index in [0.717, 1.165) is 0 Å². The molecule has 0 unspecified atom stereocenters. The van der Waals surface area contributed by atoms with Gasteiger partial charge in [-0.15, -0.1) is 0 Å². The highest BCUT2D eigenvalue weighted by Crippen LogP contribution is 2.47. The molecule has 0 amide bonds. The monoisotopic (exact) mass is 200 g/mol. The van der Waals surface area contributed by atoms with Gasteiger partial charge in [-0.1, -0.05) is 13.8 Å². The first-order valence-electron chi connectivity index (χ1n) is 5.05. The van der Waals surface area contributed by atoms with E-state index in [1.807, 2.05) is 34.6 Å². The minimum Gasteiger partial charge on any atom is -0.460 e.